The summed E-state index contributed by atoms with van der Waals surface area (Å²) in [4.78, 5) is 2.17. The van der Waals surface area contributed by atoms with Gasteiger partial charge in [0.25, 0.3) is 0 Å². The summed E-state index contributed by atoms with van der Waals surface area (Å²) in [5.41, 5.74) is 6.88. The van der Waals surface area contributed by atoms with E-state index >= 15 is 0 Å². The maximum Gasteiger partial charge on any atom is 0.172 e. The molecule has 1 unspecified atom stereocenters. The van der Waals surface area contributed by atoms with Gasteiger partial charge < -0.3 is 15.8 Å². The summed E-state index contributed by atoms with van der Waals surface area (Å²) in [6, 6.07) is 4.74. The van der Waals surface area contributed by atoms with Crippen LogP contribution in [0.5, 0.6) is 0 Å². The Morgan fingerprint density at radius 2 is 2.39 bits per heavy atom. The Balaban J connectivity index is 2.42. The largest absolute Gasteiger partial charge is 0.409 e. The maximum atomic E-state index is 13.3. The number of rotatable bonds is 2. The van der Waals surface area contributed by atoms with Crippen molar-refractivity contribution < 1.29 is 9.60 Å². The molecular weight excluding hydrogens is 253 g/mol. The summed E-state index contributed by atoms with van der Waals surface area (Å²) in [5, 5.41) is 11.8. The fourth-order valence-electron chi connectivity index (χ4n) is 2.10. The van der Waals surface area contributed by atoms with Gasteiger partial charge in [-0.25, -0.2) is 4.39 Å². The van der Waals surface area contributed by atoms with Crippen molar-refractivity contribution in [1.29, 1.82) is 0 Å². The number of anilines is 1. The van der Waals surface area contributed by atoms with Crippen molar-refractivity contribution in [3.05, 3.63) is 29.6 Å². The Morgan fingerprint density at radius 1 is 1.61 bits per heavy atom. The molecule has 18 heavy (non-hydrogen) atoms. The predicted octanol–water partition coefficient (Wildman–Crippen LogP) is 1.86. The smallest absolute Gasteiger partial charge is 0.172 e. The van der Waals surface area contributed by atoms with E-state index in [2.05, 4.69) is 17.0 Å². The average Bonchev–Trinajstić information content (AvgIpc) is 2.39. The molecule has 2 rings (SSSR count). The first kappa shape index (κ1) is 13.0. The topological polar surface area (TPSA) is 61.8 Å². The van der Waals surface area contributed by atoms with Gasteiger partial charge in [-0.1, -0.05) is 5.16 Å². The molecule has 0 bridgehead atoms. The molecule has 1 aliphatic heterocycles. The minimum atomic E-state index is -0.389. The third-order valence-corrected chi connectivity index (χ3v) is 4.21. The van der Waals surface area contributed by atoms with Crippen LogP contribution in [0.3, 0.4) is 0 Å². The number of benzene rings is 1. The second-order valence-corrected chi connectivity index (χ2v) is 5.41. The molecule has 1 aromatic carbocycles. The SMILES string of the molecule is CC1CSCCN1c1ccc(F)cc1C(N)=NO. The standard InChI is InChI=1S/C12H16FN3OS/c1-8-7-18-5-4-16(8)11-3-2-9(13)6-10(11)12(14)15-17/h2-3,6,8,17H,4-5,7H2,1H3,(H2,14,15). The van der Waals surface area contributed by atoms with E-state index in [0.29, 0.717) is 11.6 Å². The van der Waals surface area contributed by atoms with Gasteiger partial charge in [-0.2, -0.15) is 11.8 Å². The van der Waals surface area contributed by atoms with E-state index < -0.39 is 0 Å². The van der Waals surface area contributed by atoms with Crippen LogP contribution in [-0.4, -0.2) is 35.1 Å². The monoisotopic (exact) mass is 269 g/mol. The number of halogens is 1. The molecule has 0 spiro atoms. The van der Waals surface area contributed by atoms with Crippen molar-refractivity contribution in [2.24, 2.45) is 10.9 Å². The van der Waals surface area contributed by atoms with Crippen LogP contribution in [0, 0.1) is 5.82 Å². The van der Waals surface area contributed by atoms with Crippen molar-refractivity contribution in [2.45, 2.75) is 13.0 Å². The number of amidine groups is 1. The maximum absolute atomic E-state index is 13.3. The number of hydrogen-bond acceptors (Lipinski definition) is 4. The fraction of sp³-hybridized carbons (Fsp3) is 0.417. The molecule has 1 saturated heterocycles. The van der Waals surface area contributed by atoms with E-state index in [1.54, 1.807) is 6.07 Å². The van der Waals surface area contributed by atoms with Gasteiger partial charge in [0.2, 0.25) is 0 Å². The summed E-state index contributed by atoms with van der Waals surface area (Å²) in [5.74, 6) is 1.60. The summed E-state index contributed by atoms with van der Waals surface area (Å²) in [6.07, 6.45) is 0. The molecule has 0 aliphatic carbocycles. The highest BCUT2D eigenvalue weighted by Crippen LogP contribution is 2.27. The third-order valence-electron chi connectivity index (χ3n) is 3.02. The summed E-state index contributed by atoms with van der Waals surface area (Å²) in [6.45, 7) is 2.99. The van der Waals surface area contributed by atoms with Crippen LogP contribution in [0.4, 0.5) is 10.1 Å². The quantitative estimate of drug-likeness (QED) is 0.372. The zero-order valence-corrected chi connectivity index (χ0v) is 11.0. The highest BCUT2D eigenvalue weighted by atomic mass is 32.2. The second kappa shape index (κ2) is 5.48. The Labute approximate surface area is 110 Å². The van der Waals surface area contributed by atoms with Crippen molar-refractivity contribution in [3.63, 3.8) is 0 Å². The molecule has 6 heteroatoms. The highest BCUT2D eigenvalue weighted by Gasteiger charge is 2.22. The zero-order valence-electron chi connectivity index (χ0n) is 10.1. The Bertz CT molecular complexity index is 467. The molecule has 0 radical (unpaired) electrons. The lowest BCUT2D eigenvalue weighted by Gasteiger charge is -2.36. The van der Waals surface area contributed by atoms with Crippen LogP contribution >= 0.6 is 11.8 Å². The molecule has 1 atom stereocenters. The molecule has 1 aromatic rings. The van der Waals surface area contributed by atoms with Crippen LogP contribution < -0.4 is 10.6 Å². The van der Waals surface area contributed by atoms with Crippen LogP contribution in [0.1, 0.15) is 12.5 Å². The van der Waals surface area contributed by atoms with Gasteiger partial charge in [-0.3, -0.25) is 0 Å². The average molecular weight is 269 g/mol. The molecule has 98 valence electrons. The van der Waals surface area contributed by atoms with E-state index in [9.17, 15) is 4.39 Å². The van der Waals surface area contributed by atoms with Gasteiger partial charge in [-0.15, -0.1) is 0 Å². The fourth-order valence-corrected chi connectivity index (χ4v) is 3.12. The van der Waals surface area contributed by atoms with Gasteiger partial charge in [0, 0.05) is 35.3 Å². The summed E-state index contributed by atoms with van der Waals surface area (Å²) in [7, 11) is 0. The highest BCUT2D eigenvalue weighted by molar-refractivity contribution is 7.99. The van der Waals surface area contributed by atoms with Crippen LogP contribution in [0.25, 0.3) is 0 Å². The van der Waals surface area contributed by atoms with E-state index in [1.807, 2.05) is 11.8 Å². The molecule has 0 saturated carbocycles. The normalized spacial score (nSPS) is 21.1. The van der Waals surface area contributed by atoms with Gasteiger partial charge in [0.1, 0.15) is 5.82 Å². The Hall–Kier alpha value is -1.43. The Morgan fingerprint density at radius 3 is 3.06 bits per heavy atom. The van der Waals surface area contributed by atoms with Gasteiger partial charge >= 0.3 is 0 Å². The van der Waals surface area contributed by atoms with Gasteiger partial charge in [0.05, 0.1) is 0 Å². The number of thioether (sulfide) groups is 1. The lowest BCUT2D eigenvalue weighted by molar-refractivity contribution is 0.318. The predicted molar refractivity (Wildman–Crippen MR) is 73.0 cm³/mol. The molecule has 0 amide bonds. The lowest BCUT2D eigenvalue weighted by Crippen LogP contribution is -2.41. The summed E-state index contributed by atoms with van der Waals surface area (Å²) < 4.78 is 13.3. The number of hydrogen-bond donors (Lipinski definition) is 2. The van der Waals surface area contributed by atoms with E-state index in [-0.39, 0.29) is 11.7 Å². The van der Waals surface area contributed by atoms with Crippen molar-refractivity contribution >= 4 is 23.3 Å². The molecule has 0 aromatic heterocycles. The number of nitrogens with two attached hydrogens (primary N) is 1. The van der Waals surface area contributed by atoms with Crippen LogP contribution in [0.15, 0.2) is 23.4 Å². The summed E-state index contributed by atoms with van der Waals surface area (Å²) >= 11 is 1.90. The van der Waals surface area contributed by atoms with Crippen LogP contribution in [-0.2, 0) is 0 Å². The molecule has 1 heterocycles. The third kappa shape index (κ3) is 2.53. The van der Waals surface area contributed by atoms with Crippen LogP contribution in [0.2, 0.25) is 0 Å². The molecule has 1 aliphatic rings. The molecule has 3 N–H and O–H groups in total. The molecule has 4 nitrogen and oxygen atoms in total. The minimum absolute atomic E-state index is 0.0603. The van der Waals surface area contributed by atoms with E-state index in [1.165, 1.54) is 12.1 Å². The minimum Gasteiger partial charge on any atom is -0.409 e. The molecule has 1 fully saturated rings. The number of oxime groups is 1. The lowest BCUT2D eigenvalue weighted by atomic mass is 10.1. The first-order valence-electron chi connectivity index (χ1n) is 5.75. The first-order valence-corrected chi connectivity index (χ1v) is 6.90. The first-order chi connectivity index (χ1) is 8.63. The van der Waals surface area contributed by atoms with Crippen molar-refractivity contribution in [2.75, 3.05) is 23.0 Å². The van der Waals surface area contributed by atoms with Gasteiger partial charge in [0.15, 0.2) is 5.84 Å². The number of nitrogens with zero attached hydrogens (tertiary/aromatic N) is 2. The second-order valence-electron chi connectivity index (χ2n) is 4.26. The zero-order chi connectivity index (χ0) is 13.1. The van der Waals surface area contributed by atoms with Gasteiger partial charge in [-0.05, 0) is 25.1 Å². The van der Waals surface area contributed by atoms with Crippen molar-refractivity contribution in [3.8, 4) is 0 Å². The van der Waals surface area contributed by atoms with E-state index in [0.717, 1.165) is 23.7 Å². The molecular formula is C12H16FN3OS. The van der Waals surface area contributed by atoms with E-state index in [4.69, 9.17) is 10.9 Å². The Kier molecular flexibility index (Phi) is 3.96. The van der Waals surface area contributed by atoms with Crippen molar-refractivity contribution in [1.82, 2.24) is 0 Å².